The van der Waals surface area contributed by atoms with Crippen molar-refractivity contribution < 1.29 is 4.39 Å². The van der Waals surface area contributed by atoms with Crippen LogP contribution in [0.4, 0.5) is 4.39 Å². The standard InChI is InChI=1S/C15H23FN2/c1-11-4-3-5-12(2)18(11)10-14-7-6-13(9-17)8-15(14)16/h6-8,11-12H,3-5,9-10,17H2,1-2H3/t11-,12+. The second-order valence-electron chi connectivity index (χ2n) is 5.43. The lowest BCUT2D eigenvalue weighted by Gasteiger charge is -2.39. The highest BCUT2D eigenvalue weighted by Crippen LogP contribution is 2.25. The molecule has 1 saturated heterocycles. The molecule has 0 radical (unpaired) electrons. The number of likely N-dealkylation sites (tertiary alicyclic amines) is 1. The Bertz CT molecular complexity index is 395. The van der Waals surface area contributed by atoms with Crippen molar-refractivity contribution >= 4 is 0 Å². The minimum atomic E-state index is -0.122. The third-order valence-corrected chi connectivity index (χ3v) is 4.08. The normalized spacial score (nSPS) is 25.3. The molecule has 1 aromatic rings. The number of halogens is 1. The van der Waals surface area contributed by atoms with Crippen LogP contribution in [0.15, 0.2) is 18.2 Å². The maximum absolute atomic E-state index is 14.0. The number of hydrogen-bond donors (Lipinski definition) is 1. The topological polar surface area (TPSA) is 29.3 Å². The predicted octanol–water partition coefficient (Wildman–Crippen LogP) is 3.05. The highest BCUT2D eigenvalue weighted by Gasteiger charge is 2.25. The molecule has 2 rings (SSSR count). The molecule has 1 fully saturated rings. The number of hydrogen-bond acceptors (Lipinski definition) is 2. The van der Waals surface area contributed by atoms with E-state index in [2.05, 4.69) is 18.7 Å². The maximum Gasteiger partial charge on any atom is 0.128 e. The molecule has 1 aliphatic heterocycles. The summed E-state index contributed by atoms with van der Waals surface area (Å²) in [6, 6.07) is 6.46. The molecule has 2 atom stereocenters. The van der Waals surface area contributed by atoms with Gasteiger partial charge in [-0.05, 0) is 38.3 Å². The van der Waals surface area contributed by atoms with E-state index in [9.17, 15) is 4.39 Å². The third kappa shape index (κ3) is 2.90. The van der Waals surface area contributed by atoms with Crippen molar-refractivity contribution in [2.24, 2.45) is 5.73 Å². The first kappa shape index (κ1) is 13.5. The summed E-state index contributed by atoms with van der Waals surface area (Å²) in [7, 11) is 0. The monoisotopic (exact) mass is 250 g/mol. The Labute approximate surface area is 109 Å². The summed E-state index contributed by atoms with van der Waals surface area (Å²) in [5, 5.41) is 0. The molecule has 3 heteroatoms. The third-order valence-electron chi connectivity index (χ3n) is 4.08. The van der Waals surface area contributed by atoms with Gasteiger partial charge in [0.2, 0.25) is 0 Å². The largest absolute Gasteiger partial charge is 0.326 e. The number of nitrogens with two attached hydrogens (primary N) is 1. The first-order valence-corrected chi connectivity index (χ1v) is 6.85. The molecule has 1 aromatic carbocycles. The van der Waals surface area contributed by atoms with Gasteiger partial charge in [0.15, 0.2) is 0 Å². The van der Waals surface area contributed by atoms with E-state index in [4.69, 9.17) is 5.73 Å². The molecule has 2 nitrogen and oxygen atoms in total. The summed E-state index contributed by atoms with van der Waals surface area (Å²) in [6.45, 7) is 5.58. The molecule has 18 heavy (non-hydrogen) atoms. The van der Waals surface area contributed by atoms with Crippen LogP contribution in [0.2, 0.25) is 0 Å². The van der Waals surface area contributed by atoms with Crippen LogP contribution in [0, 0.1) is 5.82 Å². The van der Waals surface area contributed by atoms with Gasteiger partial charge in [0.1, 0.15) is 5.82 Å². The summed E-state index contributed by atoms with van der Waals surface area (Å²) in [6.07, 6.45) is 3.72. The van der Waals surface area contributed by atoms with E-state index in [0.29, 0.717) is 25.2 Å². The van der Waals surface area contributed by atoms with Crippen molar-refractivity contribution in [3.8, 4) is 0 Å². The maximum atomic E-state index is 14.0. The lowest BCUT2D eigenvalue weighted by Crippen LogP contribution is -2.43. The van der Waals surface area contributed by atoms with Crippen LogP contribution >= 0.6 is 0 Å². The molecule has 0 bridgehead atoms. The van der Waals surface area contributed by atoms with Gasteiger partial charge in [-0.1, -0.05) is 18.6 Å². The molecule has 0 spiro atoms. The summed E-state index contributed by atoms with van der Waals surface area (Å²) in [5.74, 6) is -0.122. The summed E-state index contributed by atoms with van der Waals surface area (Å²) in [4.78, 5) is 2.41. The van der Waals surface area contributed by atoms with E-state index in [1.54, 1.807) is 6.07 Å². The van der Waals surface area contributed by atoms with Crippen molar-refractivity contribution in [2.45, 2.75) is 58.3 Å². The molecule has 0 aliphatic carbocycles. The number of piperidine rings is 1. The average Bonchev–Trinajstić information content (AvgIpc) is 2.35. The number of benzene rings is 1. The van der Waals surface area contributed by atoms with Crippen molar-refractivity contribution in [1.82, 2.24) is 4.90 Å². The van der Waals surface area contributed by atoms with Gasteiger partial charge < -0.3 is 5.73 Å². The van der Waals surface area contributed by atoms with E-state index in [-0.39, 0.29) is 5.82 Å². The Morgan fingerprint density at radius 1 is 1.28 bits per heavy atom. The summed E-state index contributed by atoms with van der Waals surface area (Å²) < 4.78 is 14.0. The van der Waals surface area contributed by atoms with Gasteiger partial charge in [-0.3, -0.25) is 4.90 Å². The predicted molar refractivity (Wildman–Crippen MR) is 72.6 cm³/mol. The van der Waals surface area contributed by atoms with E-state index in [1.807, 2.05) is 12.1 Å². The Kier molecular flexibility index (Phi) is 4.36. The van der Waals surface area contributed by atoms with Crippen molar-refractivity contribution in [3.05, 3.63) is 35.1 Å². The van der Waals surface area contributed by atoms with E-state index in [1.165, 1.54) is 19.3 Å². The quantitative estimate of drug-likeness (QED) is 0.893. The van der Waals surface area contributed by atoms with E-state index < -0.39 is 0 Å². The molecular formula is C15H23FN2. The van der Waals surface area contributed by atoms with Crippen LogP contribution in [0.5, 0.6) is 0 Å². The van der Waals surface area contributed by atoms with Crippen LogP contribution in [-0.4, -0.2) is 17.0 Å². The fraction of sp³-hybridized carbons (Fsp3) is 0.600. The van der Waals surface area contributed by atoms with E-state index in [0.717, 1.165) is 11.1 Å². The fourth-order valence-corrected chi connectivity index (χ4v) is 2.83. The Morgan fingerprint density at radius 3 is 2.50 bits per heavy atom. The molecule has 1 heterocycles. The van der Waals surface area contributed by atoms with Crippen LogP contribution in [-0.2, 0) is 13.1 Å². The van der Waals surface area contributed by atoms with Gasteiger partial charge in [0.25, 0.3) is 0 Å². The highest BCUT2D eigenvalue weighted by molar-refractivity contribution is 5.24. The number of nitrogens with zero attached hydrogens (tertiary/aromatic N) is 1. The Balaban J connectivity index is 2.12. The molecule has 0 amide bonds. The van der Waals surface area contributed by atoms with Gasteiger partial charge in [-0.2, -0.15) is 0 Å². The lowest BCUT2D eigenvalue weighted by molar-refractivity contribution is 0.0940. The zero-order valence-corrected chi connectivity index (χ0v) is 11.3. The second-order valence-corrected chi connectivity index (χ2v) is 5.43. The second kappa shape index (κ2) is 5.81. The summed E-state index contributed by atoms with van der Waals surface area (Å²) in [5.41, 5.74) is 7.16. The first-order chi connectivity index (χ1) is 8.61. The summed E-state index contributed by atoms with van der Waals surface area (Å²) >= 11 is 0. The Morgan fingerprint density at radius 2 is 1.94 bits per heavy atom. The molecular weight excluding hydrogens is 227 g/mol. The zero-order valence-electron chi connectivity index (χ0n) is 11.3. The molecule has 100 valence electrons. The lowest BCUT2D eigenvalue weighted by atomic mass is 9.96. The van der Waals surface area contributed by atoms with Gasteiger partial charge in [0.05, 0.1) is 0 Å². The van der Waals surface area contributed by atoms with Gasteiger partial charge in [-0.25, -0.2) is 4.39 Å². The first-order valence-electron chi connectivity index (χ1n) is 6.85. The van der Waals surface area contributed by atoms with Crippen LogP contribution in [0.25, 0.3) is 0 Å². The van der Waals surface area contributed by atoms with Gasteiger partial charge in [0, 0.05) is 30.7 Å². The Hall–Kier alpha value is -0.930. The average molecular weight is 250 g/mol. The molecule has 0 saturated carbocycles. The minimum Gasteiger partial charge on any atom is -0.326 e. The van der Waals surface area contributed by atoms with Crippen LogP contribution in [0.1, 0.15) is 44.2 Å². The minimum absolute atomic E-state index is 0.122. The smallest absolute Gasteiger partial charge is 0.128 e. The molecule has 0 unspecified atom stereocenters. The highest BCUT2D eigenvalue weighted by atomic mass is 19.1. The van der Waals surface area contributed by atoms with Crippen LogP contribution < -0.4 is 5.73 Å². The van der Waals surface area contributed by atoms with Crippen molar-refractivity contribution in [2.75, 3.05) is 0 Å². The fourth-order valence-electron chi connectivity index (χ4n) is 2.83. The van der Waals surface area contributed by atoms with Crippen molar-refractivity contribution in [1.29, 1.82) is 0 Å². The number of rotatable bonds is 3. The van der Waals surface area contributed by atoms with Crippen LogP contribution in [0.3, 0.4) is 0 Å². The molecule has 0 aromatic heterocycles. The molecule has 1 aliphatic rings. The SMILES string of the molecule is C[C@@H]1CCC[C@H](C)N1Cc1ccc(CN)cc1F. The zero-order chi connectivity index (χ0) is 13.1. The van der Waals surface area contributed by atoms with Gasteiger partial charge in [-0.15, -0.1) is 0 Å². The van der Waals surface area contributed by atoms with E-state index >= 15 is 0 Å². The van der Waals surface area contributed by atoms with Crippen molar-refractivity contribution in [3.63, 3.8) is 0 Å². The molecule has 2 N–H and O–H groups in total. The van der Waals surface area contributed by atoms with Gasteiger partial charge >= 0.3 is 0 Å².